The van der Waals surface area contributed by atoms with Crippen molar-refractivity contribution in [2.45, 2.75) is 26.3 Å². The van der Waals surface area contributed by atoms with Gasteiger partial charge in [-0.15, -0.1) is 0 Å². The SMILES string of the molecule is Cc1cnn(-c2ccc(Br)cc2CC(C)N)c1. The molecule has 3 nitrogen and oxygen atoms in total. The molecule has 0 aliphatic carbocycles. The molecule has 1 atom stereocenters. The zero-order valence-electron chi connectivity index (χ0n) is 10.0. The first kappa shape index (κ1) is 12.3. The quantitative estimate of drug-likeness (QED) is 0.946. The zero-order chi connectivity index (χ0) is 12.4. The Bertz CT molecular complexity index is 517. The van der Waals surface area contributed by atoms with Crippen LogP contribution in [-0.2, 0) is 6.42 Å². The monoisotopic (exact) mass is 293 g/mol. The normalized spacial score (nSPS) is 12.7. The van der Waals surface area contributed by atoms with Gasteiger partial charge in [0.15, 0.2) is 0 Å². The van der Waals surface area contributed by atoms with Crippen LogP contribution in [0.15, 0.2) is 35.1 Å². The maximum absolute atomic E-state index is 5.88. The maximum atomic E-state index is 5.88. The molecule has 1 aromatic carbocycles. The molecule has 0 radical (unpaired) electrons. The van der Waals surface area contributed by atoms with Gasteiger partial charge in [0.2, 0.25) is 0 Å². The molecule has 2 N–H and O–H groups in total. The van der Waals surface area contributed by atoms with Crippen molar-refractivity contribution in [3.8, 4) is 5.69 Å². The number of nitrogens with zero attached hydrogens (tertiary/aromatic N) is 2. The fourth-order valence-corrected chi connectivity index (χ4v) is 2.24. The van der Waals surface area contributed by atoms with Gasteiger partial charge in [-0.25, -0.2) is 4.68 Å². The number of aromatic nitrogens is 2. The van der Waals surface area contributed by atoms with Crippen LogP contribution in [0, 0.1) is 6.92 Å². The molecule has 0 amide bonds. The molecule has 1 unspecified atom stereocenters. The molecule has 17 heavy (non-hydrogen) atoms. The number of hydrogen-bond acceptors (Lipinski definition) is 2. The molecule has 0 spiro atoms. The number of rotatable bonds is 3. The van der Waals surface area contributed by atoms with Crippen molar-refractivity contribution in [1.29, 1.82) is 0 Å². The fourth-order valence-electron chi connectivity index (χ4n) is 1.83. The Hall–Kier alpha value is -1.13. The molecule has 0 saturated carbocycles. The summed E-state index contributed by atoms with van der Waals surface area (Å²) in [4.78, 5) is 0. The molecule has 0 aliphatic heterocycles. The Balaban J connectivity index is 2.45. The van der Waals surface area contributed by atoms with E-state index in [1.165, 1.54) is 5.56 Å². The first-order valence-electron chi connectivity index (χ1n) is 5.62. The first-order valence-corrected chi connectivity index (χ1v) is 6.41. The summed E-state index contributed by atoms with van der Waals surface area (Å²) in [5, 5.41) is 4.34. The summed E-state index contributed by atoms with van der Waals surface area (Å²) in [5.41, 5.74) is 9.34. The number of hydrogen-bond donors (Lipinski definition) is 1. The lowest BCUT2D eigenvalue weighted by atomic mass is 10.1. The van der Waals surface area contributed by atoms with Gasteiger partial charge in [0.1, 0.15) is 0 Å². The van der Waals surface area contributed by atoms with Gasteiger partial charge in [-0.3, -0.25) is 0 Å². The molecule has 0 saturated heterocycles. The summed E-state index contributed by atoms with van der Waals surface area (Å²) in [6, 6.07) is 6.33. The van der Waals surface area contributed by atoms with Crippen LogP contribution in [-0.4, -0.2) is 15.8 Å². The van der Waals surface area contributed by atoms with Crippen molar-refractivity contribution in [3.63, 3.8) is 0 Å². The minimum Gasteiger partial charge on any atom is -0.328 e. The topological polar surface area (TPSA) is 43.8 Å². The van der Waals surface area contributed by atoms with E-state index in [0.717, 1.165) is 22.1 Å². The fraction of sp³-hybridized carbons (Fsp3) is 0.308. The molecule has 1 aromatic heterocycles. The van der Waals surface area contributed by atoms with Gasteiger partial charge in [0, 0.05) is 16.7 Å². The number of aryl methyl sites for hydroxylation is 1. The van der Waals surface area contributed by atoms with Crippen molar-refractivity contribution >= 4 is 15.9 Å². The van der Waals surface area contributed by atoms with Gasteiger partial charge < -0.3 is 5.73 Å². The van der Waals surface area contributed by atoms with Crippen LogP contribution < -0.4 is 5.73 Å². The number of halogens is 1. The van der Waals surface area contributed by atoms with E-state index in [-0.39, 0.29) is 6.04 Å². The molecule has 0 aliphatic rings. The highest BCUT2D eigenvalue weighted by Crippen LogP contribution is 2.21. The molecule has 2 rings (SSSR count). The molecule has 0 fully saturated rings. The summed E-state index contributed by atoms with van der Waals surface area (Å²) in [5.74, 6) is 0. The van der Waals surface area contributed by atoms with E-state index in [1.54, 1.807) is 0 Å². The molecular formula is C13H16BrN3. The Morgan fingerprint density at radius 1 is 1.47 bits per heavy atom. The van der Waals surface area contributed by atoms with E-state index in [1.807, 2.05) is 37.0 Å². The van der Waals surface area contributed by atoms with Gasteiger partial charge in [-0.05, 0) is 49.6 Å². The highest BCUT2D eigenvalue weighted by Gasteiger charge is 2.08. The minimum absolute atomic E-state index is 0.139. The molecule has 1 heterocycles. The Labute approximate surface area is 110 Å². The Morgan fingerprint density at radius 2 is 2.24 bits per heavy atom. The smallest absolute Gasteiger partial charge is 0.0678 e. The largest absolute Gasteiger partial charge is 0.328 e. The van der Waals surface area contributed by atoms with E-state index in [9.17, 15) is 0 Å². The maximum Gasteiger partial charge on any atom is 0.0678 e. The average molecular weight is 294 g/mol. The third-order valence-corrected chi connectivity index (χ3v) is 3.04. The van der Waals surface area contributed by atoms with Gasteiger partial charge >= 0.3 is 0 Å². The van der Waals surface area contributed by atoms with E-state index in [4.69, 9.17) is 5.73 Å². The van der Waals surface area contributed by atoms with Crippen molar-refractivity contribution in [2.24, 2.45) is 5.73 Å². The summed E-state index contributed by atoms with van der Waals surface area (Å²) in [6.45, 7) is 4.05. The van der Waals surface area contributed by atoms with Crippen LogP contribution in [0.1, 0.15) is 18.1 Å². The van der Waals surface area contributed by atoms with Gasteiger partial charge in [-0.2, -0.15) is 5.10 Å². The standard InChI is InChI=1S/C13H16BrN3/c1-9-7-16-17(8-9)13-4-3-12(14)6-11(13)5-10(2)15/h3-4,6-8,10H,5,15H2,1-2H3. The summed E-state index contributed by atoms with van der Waals surface area (Å²) < 4.78 is 2.97. The number of nitrogens with two attached hydrogens (primary N) is 1. The lowest BCUT2D eigenvalue weighted by Gasteiger charge is -2.12. The van der Waals surface area contributed by atoms with E-state index >= 15 is 0 Å². The lowest BCUT2D eigenvalue weighted by molar-refractivity contribution is 0.727. The highest BCUT2D eigenvalue weighted by molar-refractivity contribution is 9.10. The average Bonchev–Trinajstić information content (AvgIpc) is 2.64. The van der Waals surface area contributed by atoms with Crippen LogP contribution in [0.4, 0.5) is 0 Å². The van der Waals surface area contributed by atoms with Crippen LogP contribution >= 0.6 is 15.9 Å². The Morgan fingerprint density at radius 3 is 2.82 bits per heavy atom. The summed E-state index contributed by atoms with van der Waals surface area (Å²) in [7, 11) is 0. The van der Waals surface area contributed by atoms with Gasteiger partial charge in [0.05, 0.1) is 11.9 Å². The second kappa shape index (κ2) is 5.02. The number of benzene rings is 1. The highest BCUT2D eigenvalue weighted by atomic mass is 79.9. The van der Waals surface area contributed by atoms with Crippen LogP contribution in [0.5, 0.6) is 0 Å². The van der Waals surface area contributed by atoms with E-state index < -0.39 is 0 Å². The molecule has 0 bridgehead atoms. The van der Waals surface area contributed by atoms with Crippen LogP contribution in [0.3, 0.4) is 0 Å². The third-order valence-electron chi connectivity index (χ3n) is 2.54. The van der Waals surface area contributed by atoms with Crippen molar-refractivity contribution in [3.05, 3.63) is 46.2 Å². The van der Waals surface area contributed by atoms with Crippen LogP contribution in [0.2, 0.25) is 0 Å². The first-order chi connectivity index (χ1) is 8.06. The molecule has 90 valence electrons. The van der Waals surface area contributed by atoms with Crippen molar-refractivity contribution < 1.29 is 0 Å². The van der Waals surface area contributed by atoms with E-state index in [0.29, 0.717) is 0 Å². The van der Waals surface area contributed by atoms with Crippen molar-refractivity contribution in [2.75, 3.05) is 0 Å². The molecular weight excluding hydrogens is 278 g/mol. The second-order valence-corrected chi connectivity index (χ2v) is 5.33. The summed E-state index contributed by atoms with van der Waals surface area (Å²) >= 11 is 3.49. The van der Waals surface area contributed by atoms with Gasteiger partial charge in [-0.1, -0.05) is 15.9 Å². The zero-order valence-corrected chi connectivity index (χ0v) is 11.6. The molecule has 4 heteroatoms. The third kappa shape index (κ3) is 2.96. The summed E-state index contributed by atoms with van der Waals surface area (Å²) in [6.07, 6.45) is 4.72. The second-order valence-electron chi connectivity index (χ2n) is 4.42. The minimum atomic E-state index is 0.139. The molecule has 2 aromatic rings. The van der Waals surface area contributed by atoms with Crippen LogP contribution in [0.25, 0.3) is 5.69 Å². The Kier molecular flexibility index (Phi) is 3.64. The lowest BCUT2D eigenvalue weighted by Crippen LogP contribution is -2.19. The predicted molar refractivity (Wildman–Crippen MR) is 73.4 cm³/mol. The van der Waals surface area contributed by atoms with Gasteiger partial charge in [0.25, 0.3) is 0 Å². The van der Waals surface area contributed by atoms with E-state index in [2.05, 4.69) is 33.2 Å². The predicted octanol–water partition coefficient (Wildman–Crippen LogP) is 2.83. The van der Waals surface area contributed by atoms with Crippen molar-refractivity contribution in [1.82, 2.24) is 9.78 Å².